The average molecular weight is 1060 g/mol. The molecule has 0 fully saturated rings. The Morgan fingerprint density at radius 1 is 0.370 bits per heavy atom. The van der Waals surface area contributed by atoms with E-state index in [1.165, 1.54) is 43.6 Å². The van der Waals surface area contributed by atoms with E-state index in [0.717, 1.165) is 83.5 Å². The van der Waals surface area contributed by atoms with Gasteiger partial charge >= 0.3 is 0 Å². The molecule has 3 aromatic heterocycles. The highest BCUT2D eigenvalue weighted by Crippen LogP contribution is 2.47. The van der Waals surface area contributed by atoms with Gasteiger partial charge in [0.05, 0.1) is 39.0 Å². The minimum absolute atomic E-state index is 0.0741. The SMILES string of the molecule is CC(C)(C)c1cc(-c2cc3c(cn2)c2ccccc2n3-c2ccc3c(ccc4cc(C(C)(C)C)ccc43)c2)cc(-c2cccc3c2nc(-c2cc(C(C)(C)C)cc(C(C)(C)C)c2O)n3-c2ccc(C(C)(C)C)cc2-c2ccccc2)c1. The summed E-state index contributed by atoms with van der Waals surface area (Å²) in [4.78, 5) is 11.1. The van der Waals surface area contributed by atoms with Crippen molar-refractivity contribution in [2.24, 2.45) is 0 Å². The number of fused-ring (bicyclic) bond motifs is 7. The molecule has 0 bridgehead atoms. The molecule has 1 N–H and O–H groups in total. The van der Waals surface area contributed by atoms with Gasteiger partial charge < -0.3 is 9.67 Å². The summed E-state index contributed by atoms with van der Waals surface area (Å²) in [6, 6.07) is 64.9. The van der Waals surface area contributed by atoms with Crippen molar-refractivity contribution in [1.29, 1.82) is 0 Å². The number of hydrogen-bond acceptors (Lipinski definition) is 3. The first-order valence-corrected chi connectivity index (χ1v) is 28.9. The van der Waals surface area contributed by atoms with Gasteiger partial charge in [-0.25, -0.2) is 4.98 Å². The van der Waals surface area contributed by atoms with E-state index in [1.54, 1.807) is 0 Å². The predicted molar refractivity (Wildman–Crippen MR) is 345 cm³/mol. The van der Waals surface area contributed by atoms with E-state index in [9.17, 15) is 5.11 Å². The van der Waals surface area contributed by atoms with Gasteiger partial charge in [0.2, 0.25) is 0 Å². The van der Waals surface area contributed by atoms with E-state index in [0.29, 0.717) is 11.4 Å². The summed E-state index contributed by atoms with van der Waals surface area (Å²) < 4.78 is 4.72. The van der Waals surface area contributed by atoms with Gasteiger partial charge in [0.25, 0.3) is 0 Å². The van der Waals surface area contributed by atoms with Crippen molar-refractivity contribution in [2.75, 3.05) is 0 Å². The topological polar surface area (TPSA) is 55.9 Å². The van der Waals surface area contributed by atoms with Gasteiger partial charge in [-0.1, -0.05) is 219 Å². The third-order valence-electron chi connectivity index (χ3n) is 16.8. The molecule has 0 saturated carbocycles. The van der Waals surface area contributed by atoms with Crippen LogP contribution in [-0.4, -0.2) is 24.2 Å². The van der Waals surface area contributed by atoms with Gasteiger partial charge in [-0.3, -0.25) is 9.55 Å². The molecule has 0 unspecified atom stereocenters. The van der Waals surface area contributed by atoms with Crippen LogP contribution in [0.1, 0.15) is 132 Å². The maximum atomic E-state index is 12.7. The van der Waals surface area contributed by atoms with Gasteiger partial charge in [-0.15, -0.1) is 0 Å². The van der Waals surface area contributed by atoms with Crippen LogP contribution < -0.4 is 0 Å². The largest absolute Gasteiger partial charge is 0.507 e. The van der Waals surface area contributed by atoms with E-state index in [1.807, 2.05) is 0 Å². The lowest BCUT2D eigenvalue weighted by Gasteiger charge is -2.28. The number of rotatable bonds is 6. The number of phenolic OH excluding ortho intramolecular Hbond substituents is 1. The second-order valence-electron chi connectivity index (χ2n) is 27.9. The van der Waals surface area contributed by atoms with Crippen LogP contribution in [-0.2, 0) is 27.1 Å². The van der Waals surface area contributed by atoms with Crippen molar-refractivity contribution >= 4 is 54.4 Å². The van der Waals surface area contributed by atoms with E-state index in [2.05, 4.69) is 295 Å². The second-order valence-corrected chi connectivity index (χ2v) is 27.9. The average Bonchev–Trinajstić information content (AvgIpc) is 4.24. The Balaban J connectivity index is 1.09. The number of aromatic hydroxyl groups is 1. The molecule has 81 heavy (non-hydrogen) atoms. The summed E-state index contributed by atoms with van der Waals surface area (Å²) in [6.45, 7) is 33.8. The third kappa shape index (κ3) is 9.48. The van der Waals surface area contributed by atoms with Crippen LogP contribution in [0, 0.1) is 0 Å². The predicted octanol–water partition coefficient (Wildman–Crippen LogP) is 20.7. The highest BCUT2D eigenvalue weighted by molar-refractivity contribution is 6.11. The molecule has 5 heteroatoms. The summed E-state index contributed by atoms with van der Waals surface area (Å²) in [5, 5.41) is 20.0. The number of benzene rings is 9. The quantitative estimate of drug-likeness (QED) is 0.169. The van der Waals surface area contributed by atoms with Crippen molar-refractivity contribution in [1.82, 2.24) is 19.1 Å². The van der Waals surface area contributed by atoms with Crippen LogP contribution in [0.25, 0.3) is 111 Å². The van der Waals surface area contributed by atoms with Crippen LogP contribution >= 0.6 is 0 Å². The molecule has 0 amide bonds. The Hall–Kier alpha value is -8.28. The Labute approximate surface area is 479 Å². The Kier molecular flexibility index (Phi) is 12.5. The smallest absolute Gasteiger partial charge is 0.149 e. The van der Waals surface area contributed by atoms with Crippen LogP contribution in [0.5, 0.6) is 5.75 Å². The molecule has 5 nitrogen and oxygen atoms in total. The van der Waals surface area contributed by atoms with Gasteiger partial charge in [-0.2, -0.15) is 0 Å². The number of phenols is 1. The molecular weight excluding hydrogens is 985 g/mol. The molecule has 0 aliphatic carbocycles. The van der Waals surface area contributed by atoms with Crippen molar-refractivity contribution in [3.63, 3.8) is 0 Å². The zero-order valence-corrected chi connectivity index (χ0v) is 50.1. The first-order chi connectivity index (χ1) is 38.2. The zero-order chi connectivity index (χ0) is 57.3. The van der Waals surface area contributed by atoms with Crippen molar-refractivity contribution < 1.29 is 5.11 Å². The molecule has 0 saturated heterocycles. The van der Waals surface area contributed by atoms with Crippen molar-refractivity contribution in [3.8, 4) is 62.0 Å². The molecule has 0 spiro atoms. The first-order valence-electron chi connectivity index (χ1n) is 28.9. The van der Waals surface area contributed by atoms with Crippen LogP contribution in [0.3, 0.4) is 0 Å². The monoisotopic (exact) mass is 1060 g/mol. The number of imidazole rings is 1. The fraction of sp³-hybridized carbons (Fsp3) is 0.263. The van der Waals surface area contributed by atoms with Gasteiger partial charge in [0.15, 0.2) is 0 Å². The van der Waals surface area contributed by atoms with Crippen molar-refractivity contribution in [2.45, 2.75) is 131 Å². The molecule has 406 valence electrons. The summed E-state index contributed by atoms with van der Waals surface area (Å²) in [6.07, 6.45) is 2.07. The maximum Gasteiger partial charge on any atom is 0.149 e. The lowest BCUT2D eigenvalue weighted by atomic mass is 9.79. The van der Waals surface area contributed by atoms with E-state index >= 15 is 0 Å². The maximum absolute atomic E-state index is 12.7. The van der Waals surface area contributed by atoms with Gasteiger partial charge in [-0.05, 0) is 143 Å². The van der Waals surface area contributed by atoms with E-state index in [4.69, 9.17) is 9.97 Å². The molecule has 9 aromatic carbocycles. The molecule has 0 radical (unpaired) electrons. The molecule has 0 aliphatic rings. The Morgan fingerprint density at radius 2 is 0.963 bits per heavy atom. The summed E-state index contributed by atoms with van der Waals surface area (Å²) in [5.74, 6) is 0.944. The minimum atomic E-state index is -0.345. The fourth-order valence-corrected chi connectivity index (χ4v) is 11.9. The van der Waals surface area contributed by atoms with Crippen LogP contribution in [0.2, 0.25) is 0 Å². The third-order valence-corrected chi connectivity index (χ3v) is 16.8. The van der Waals surface area contributed by atoms with Gasteiger partial charge in [0.1, 0.15) is 11.6 Å². The molecule has 12 rings (SSSR count). The lowest BCUT2D eigenvalue weighted by Crippen LogP contribution is -2.17. The molecule has 3 heterocycles. The van der Waals surface area contributed by atoms with Crippen molar-refractivity contribution in [3.05, 3.63) is 210 Å². The number of aromatic nitrogens is 4. The molecule has 12 aromatic rings. The number of hydrogen-bond donors (Lipinski definition) is 1. The molecule has 0 atom stereocenters. The Morgan fingerprint density at radius 3 is 1.65 bits per heavy atom. The number of nitrogens with zero attached hydrogens (tertiary/aromatic N) is 4. The Bertz CT molecular complexity index is 4470. The fourth-order valence-electron chi connectivity index (χ4n) is 11.9. The second kappa shape index (κ2) is 18.9. The van der Waals surface area contributed by atoms with Crippen LogP contribution in [0.4, 0.5) is 0 Å². The first kappa shape index (κ1) is 53.4. The summed E-state index contributed by atoms with van der Waals surface area (Å²) in [7, 11) is 0. The lowest BCUT2D eigenvalue weighted by molar-refractivity contribution is 0.446. The standard InChI is InChI=1S/C76H76N4O/c1-72(2,3)51-30-33-56-47(37-51)28-29-48-40-55(32-34-57(48)56)79-65-26-20-19-24-59(65)62-45-77-64(44-68(62)79)50-36-49(38-53(39-50)74(7,8)9)58-25-21-27-67-69(58)78-71(61-42-54(75(10,11)12)43-63(70(61)81)76(13,14)15)80(67)66-35-31-52(73(4,5)6)41-60(66)46-22-17-16-18-23-46/h16-45,81H,1-15H3. The number of para-hydroxylation sites is 2. The molecule has 0 aliphatic heterocycles. The summed E-state index contributed by atoms with van der Waals surface area (Å²) in [5.41, 5.74) is 18.1. The zero-order valence-electron chi connectivity index (χ0n) is 50.1. The normalized spacial score (nSPS) is 12.9. The highest BCUT2D eigenvalue weighted by Gasteiger charge is 2.30. The van der Waals surface area contributed by atoms with Crippen LogP contribution in [0.15, 0.2) is 182 Å². The summed E-state index contributed by atoms with van der Waals surface area (Å²) >= 11 is 0. The minimum Gasteiger partial charge on any atom is -0.507 e. The molecular formula is C76H76N4O. The highest BCUT2D eigenvalue weighted by atomic mass is 16.3. The van der Waals surface area contributed by atoms with E-state index in [-0.39, 0.29) is 32.8 Å². The van der Waals surface area contributed by atoms with E-state index < -0.39 is 0 Å². The van der Waals surface area contributed by atoms with Gasteiger partial charge in [0, 0.05) is 44.9 Å². The number of pyridine rings is 1.